The van der Waals surface area contributed by atoms with Gasteiger partial charge in [-0.05, 0) is 6.26 Å². The molecule has 0 bridgehead atoms. The van der Waals surface area contributed by atoms with Crippen molar-refractivity contribution < 1.29 is 0 Å². The zero-order valence-corrected chi connectivity index (χ0v) is 7.56. The molecule has 0 spiro atoms. The van der Waals surface area contributed by atoms with Crippen LogP contribution in [0.1, 0.15) is 5.56 Å². The lowest BCUT2D eigenvalue weighted by molar-refractivity contribution is 0.964. The van der Waals surface area contributed by atoms with Crippen molar-refractivity contribution in [1.29, 1.82) is 0 Å². The number of nitrogens with two attached hydrogens (primary N) is 1. The highest BCUT2D eigenvalue weighted by Crippen LogP contribution is 2.05. The largest absolute Gasteiger partial charge is 0.320 e. The molecule has 1 rings (SSSR count). The van der Waals surface area contributed by atoms with Gasteiger partial charge in [0.25, 0.3) is 0 Å². The van der Waals surface area contributed by atoms with Crippen molar-refractivity contribution >= 4 is 11.8 Å². The number of hydrogen-bond acceptors (Lipinski definition) is 4. The zero-order valence-electron chi connectivity index (χ0n) is 6.74. The monoisotopic (exact) mass is 179 g/mol. The predicted molar refractivity (Wildman–Crippen MR) is 49.7 cm³/mol. The first-order chi connectivity index (χ1) is 5.86. The summed E-state index contributed by atoms with van der Waals surface area (Å²) < 4.78 is 0. The van der Waals surface area contributed by atoms with Gasteiger partial charge in [0.05, 0.1) is 12.1 Å². The first kappa shape index (κ1) is 9.04. The molecule has 0 radical (unpaired) electrons. The van der Waals surface area contributed by atoms with Crippen LogP contribution in [0, 0.1) is 11.8 Å². The summed E-state index contributed by atoms with van der Waals surface area (Å²) in [7, 11) is 0. The van der Waals surface area contributed by atoms with Gasteiger partial charge < -0.3 is 5.73 Å². The van der Waals surface area contributed by atoms with Crippen LogP contribution < -0.4 is 5.73 Å². The van der Waals surface area contributed by atoms with Gasteiger partial charge in [0.2, 0.25) is 0 Å². The molecule has 0 aliphatic carbocycles. The van der Waals surface area contributed by atoms with Crippen molar-refractivity contribution in [2.75, 3.05) is 12.8 Å². The lowest BCUT2D eigenvalue weighted by Crippen LogP contribution is -1.93. The van der Waals surface area contributed by atoms with E-state index in [4.69, 9.17) is 5.73 Å². The fraction of sp³-hybridized carbons (Fsp3) is 0.250. The molecule has 12 heavy (non-hydrogen) atoms. The Morgan fingerprint density at radius 2 is 2.17 bits per heavy atom. The Hall–Kier alpha value is -1.05. The van der Waals surface area contributed by atoms with E-state index in [-0.39, 0.29) is 0 Å². The first-order valence-electron chi connectivity index (χ1n) is 3.42. The van der Waals surface area contributed by atoms with Crippen LogP contribution in [0.25, 0.3) is 0 Å². The Morgan fingerprint density at radius 3 is 2.67 bits per heavy atom. The van der Waals surface area contributed by atoms with Gasteiger partial charge in [-0.2, -0.15) is 0 Å². The topological polar surface area (TPSA) is 51.8 Å². The number of nitrogens with zero attached hydrogens (tertiary/aromatic N) is 2. The van der Waals surface area contributed by atoms with E-state index in [0.29, 0.717) is 6.54 Å². The second-order valence-corrected chi connectivity index (χ2v) is 2.74. The van der Waals surface area contributed by atoms with Crippen molar-refractivity contribution in [2.45, 2.75) is 5.16 Å². The van der Waals surface area contributed by atoms with Crippen LogP contribution in [-0.4, -0.2) is 22.8 Å². The van der Waals surface area contributed by atoms with Gasteiger partial charge in [-0.15, -0.1) is 0 Å². The average Bonchev–Trinajstić information content (AvgIpc) is 2.15. The molecule has 0 atom stereocenters. The van der Waals surface area contributed by atoms with Crippen molar-refractivity contribution in [3.63, 3.8) is 0 Å². The molecule has 1 aromatic rings. The quantitative estimate of drug-likeness (QED) is 0.387. The molecule has 0 saturated carbocycles. The van der Waals surface area contributed by atoms with E-state index in [9.17, 15) is 0 Å². The van der Waals surface area contributed by atoms with E-state index in [1.807, 2.05) is 6.26 Å². The average molecular weight is 179 g/mol. The Morgan fingerprint density at radius 1 is 1.50 bits per heavy atom. The Kier molecular flexibility index (Phi) is 3.58. The van der Waals surface area contributed by atoms with E-state index in [1.165, 1.54) is 11.8 Å². The summed E-state index contributed by atoms with van der Waals surface area (Å²) in [6.45, 7) is 0.365. The molecule has 0 saturated heterocycles. The maximum atomic E-state index is 5.21. The summed E-state index contributed by atoms with van der Waals surface area (Å²) in [6.07, 6.45) is 5.32. The number of hydrogen-bond donors (Lipinski definition) is 1. The first-order valence-corrected chi connectivity index (χ1v) is 4.64. The van der Waals surface area contributed by atoms with Gasteiger partial charge >= 0.3 is 0 Å². The van der Waals surface area contributed by atoms with Crippen LogP contribution in [0.3, 0.4) is 0 Å². The molecule has 4 heteroatoms. The minimum atomic E-state index is 0.365. The summed E-state index contributed by atoms with van der Waals surface area (Å²) in [5, 5.41) is 0.758. The third-order valence-corrected chi connectivity index (χ3v) is 1.72. The van der Waals surface area contributed by atoms with Crippen molar-refractivity contribution in [2.24, 2.45) is 5.73 Å². The molecule has 0 amide bonds. The normalized spacial score (nSPS) is 8.83. The van der Waals surface area contributed by atoms with Gasteiger partial charge in [0.15, 0.2) is 5.16 Å². The summed E-state index contributed by atoms with van der Waals surface area (Å²) >= 11 is 1.51. The SMILES string of the molecule is CSc1ncc(C#CCN)cn1. The van der Waals surface area contributed by atoms with Crippen LogP contribution in [0.5, 0.6) is 0 Å². The molecule has 2 N–H and O–H groups in total. The minimum Gasteiger partial charge on any atom is -0.320 e. The second-order valence-electron chi connectivity index (χ2n) is 1.96. The van der Waals surface area contributed by atoms with Crippen LogP contribution in [0.2, 0.25) is 0 Å². The molecular weight excluding hydrogens is 170 g/mol. The van der Waals surface area contributed by atoms with Crippen molar-refractivity contribution in [1.82, 2.24) is 9.97 Å². The molecule has 1 aromatic heterocycles. The molecule has 0 unspecified atom stereocenters. The summed E-state index contributed by atoms with van der Waals surface area (Å²) in [5.74, 6) is 5.58. The predicted octanol–water partition coefficient (Wildman–Crippen LogP) is 0.509. The molecule has 3 nitrogen and oxygen atoms in total. The summed E-state index contributed by atoms with van der Waals surface area (Å²) in [5.41, 5.74) is 6.02. The molecule has 0 fully saturated rings. The van der Waals surface area contributed by atoms with Crippen molar-refractivity contribution in [3.8, 4) is 11.8 Å². The zero-order chi connectivity index (χ0) is 8.81. The Balaban J connectivity index is 2.78. The van der Waals surface area contributed by atoms with E-state index in [0.717, 1.165) is 10.7 Å². The van der Waals surface area contributed by atoms with E-state index in [2.05, 4.69) is 21.8 Å². The number of thioether (sulfide) groups is 1. The summed E-state index contributed by atoms with van der Waals surface area (Å²) in [4.78, 5) is 8.12. The van der Waals surface area contributed by atoms with Crippen LogP contribution in [0.15, 0.2) is 17.6 Å². The number of aromatic nitrogens is 2. The van der Waals surface area contributed by atoms with Gasteiger partial charge in [-0.1, -0.05) is 23.6 Å². The Labute approximate surface area is 75.8 Å². The lowest BCUT2D eigenvalue weighted by atomic mass is 10.3. The van der Waals surface area contributed by atoms with Gasteiger partial charge in [0.1, 0.15) is 0 Å². The number of rotatable bonds is 1. The highest BCUT2D eigenvalue weighted by molar-refractivity contribution is 7.98. The third-order valence-electron chi connectivity index (χ3n) is 1.15. The van der Waals surface area contributed by atoms with Crippen LogP contribution in [-0.2, 0) is 0 Å². The third kappa shape index (κ3) is 2.53. The highest BCUT2D eigenvalue weighted by atomic mass is 32.2. The smallest absolute Gasteiger partial charge is 0.187 e. The molecule has 1 heterocycles. The van der Waals surface area contributed by atoms with Crippen LogP contribution in [0.4, 0.5) is 0 Å². The molecular formula is C8H9N3S. The maximum Gasteiger partial charge on any atom is 0.187 e. The van der Waals surface area contributed by atoms with E-state index >= 15 is 0 Å². The molecule has 0 aromatic carbocycles. The second kappa shape index (κ2) is 4.75. The maximum absolute atomic E-state index is 5.21. The fourth-order valence-corrected chi connectivity index (χ4v) is 0.955. The van der Waals surface area contributed by atoms with E-state index < -0.39 is 0 Å². The Bertz CT molecular complexity index is 296. The molecule has 0 aliphatic heterocycles. The highest BCUT2D eigenvalue weighted by Gasteiger charge is 1.91. The minimum absolute atomic E-state index is 0.365. The van der Waals surface area contributed by atoms with Gasteiger partial charge in [-0.3, -0.25) is 0 Å². The van der Waals surface area contributed by atoms with Crippen LogP contribution >= 0.6 is 11.8 Å². The summed E-state index contributed by atoms with van der Waals surface area (Å²) in [6, 6.07) is 0. The van der Waals surface area contributed by atoms with Gasteiger partial charge in [-0.25, -0.2) is 9.97 Å². The fourth-order valence-electron chi connectivity index (χ4n) is 0.639. The van der Waals surface area contributed by atoms with Crippen molar-refractivity contribution in [3.05, 3.63) is 18.0 Å². The lowest BCUT2D eigenvalue weighted by Gasteiger charge is -1.92. The standard InChI is InChI=1S/C8H9N3S/c1-12-8-10-5-7(6-11-8)3-2-4-9/h5-6H,4,9H2,1H3. The molecule has 62 valence electrons. The molecule has 0 aliphatic rings. The van der Waals surface area contributed by atoms with Gasteiger partial charge in [0, 0.05) is 12.4 Å². The van der Waals surface area contributed by atoms with E-state index in [1.54, 1.807) is 12.4 Å².